The first kappa shape index (κ1) is 17.8. The Morgan fingerprint density at radius 3 is 2.72 bits per heavy atom. The first-order chi connectivity index (χ1) is 14.2. The molecule has 0 radical (unpaired) electrons. The number of piperidine rings is 1. The van der Waals surface area contributed by atoms with E-state index in [9.17, 15) is 4.79 Å². The van der Waals surface area contributed by atoms with Gasteiger partial charge in [-0.25, -0.2) is 4.98 Å². The van der Waals surface area contributed by atoms with E-state index in [1.54, 1.807) is 18.6 Å². The molecule has 0 aliphatic carbocycles. The van der Waals surface area contributed by atoms with Crippen molar-refractivity contribution >= 4 is 33.7 Å². The van der Waals surface area contributed by atoms with Crippen LogP contribution in [-0.2, 0) is 4.79 Å². The van der Waals surface area contributed by atoms with Crippen molar-refractivity contribution in [1.82, 2.24) is 24.8 Å². The van der Waals surface area contributed by atoms with Gasteiger partial charge in [0.25, 0.3) is 0 Å². The minimum absolute atomic E-state index is 0.0617. The summed E-state index contributed by atoms with van der Waals surface area (Å²) >= 11 is 0. The summed E-state index contributed by atoms with van der Waals surface area (Å²) in [6.45, 7) is 1.92. The van der Waals surface area contributed by atoms with E-state index in [2.05, 4.69) is 37.2 Å². The van der Waals surface area contributed by atoms with E-state index < -0.39 is 0 Å². The number of H-pyrrole nitrogens is 1. The number of amides is 1. The quantitative estimate of drug-likeness (QED) is 0.563. The molecule has 7 nitrogen and oxygen atoms in total. The van der Waals surface area contributed by atoms with Crippen molar-refractivity contribution in [1.29, 1.82) is 0 Å². The van der Waals surface area contributed by atoms with Crippen LogP contribution in [0.5, 0.6) is 0 Å². The Morgan fingerprint density at radius 2 is 1.90 bits per heavy atom. The van der Waals surface area contributed by atoms with E-state index in [4.69, 9.17) is 0 Å². The van der Waals surface area contributed by atoms with Crippen molar-refractivity contribution in [3.63, 3.8) is 0 Å². The van der Waals surface area contributed by atoms with Gasteiger partial charge in [0.2, 0.25) is 5.91 Å². The number of aromatic nitrogens is 4. The normalized spacial score (nSPS) is 15.8. The van der Waals surface area contributed by atoms with Gasteiger partial charge in [0.1, 0.15) is 5.65 Å². The smallest absolute Gasteiger partial charge is 0.227 e. The second-order valence-electron chi connectivity index (χ2n) is 7.65. The Kier molecular flexibility index (Phi) is 4.44. The van der Waals surface area contributed by atoms with E-state index in [1.165, 1.54) is 0 Å². The Morgan fingerprint density at radius 1 is 1.10 bits per heavy atom. The van der Waals surface area contributed by atoms with Gasteiger partial charge in [-0.1, -0.05) is 6.07 Å². The Labute approximate surface area is 168 Å². The molecule has 3 aromatic heterocycles. The Hall–Kier alpha value is -3.32. The van der Waals surface area contributed by atoms with E-state index in [-0.39, 0.29) is 11.8 Å². The number of hydrogen-bond acceptors (Lipinski definition) is 5. The summed E-state index contributed by atoms with van der Waals surface area (Å²) in [6, 6.07) is 8.01. The molecule has 1 fully saturated rings. The summed E-state index contributed by atoms with van der Waals surface area (Å²) in [4.78, 5) is 31.4. The van der Waals surface area contributed by atoms with Crippen LogP contribution < -0.4 is 5.32 Å². The molecule has 5 rings (SSSR count). The molecule has 2 N–H and O–H groups in total. The zero-order valence-corrected chi connectivity index (χ0v) is 16.2. The standard InChI is InChI=1S/C22H22N6O/c1-28-8-4-14(5-9-28)22(29)27-16-11-17-18(13-26-21(17)25-12-16)15-2-3-19-20(10-15)24-7-6-23-19/h2-3,6-7,10-14H,4-5,8-9H2,1H3,(H,25,26)(H,27,29). The minimum Gasteiger partial charge on any atom is -0.346 e. The molecule has 0 atom stereocenters. The van der Waals surface area contributed by atoms with Gasteiger partial charge in [-0.2, -0.15) is 0 Å². The van der Waals surface area contributed by atoms with E-state index in [0.717, 1.165) is 64.8 Å². The Bertz CT molecular complexity index is 1190. The molecule has 7 heteroatoms. The molecule has 1 aromatic carbocycles. The van der Waals surface area contributed by atoms with Crippen LogP contribution in [0.2, 0.25) is 0 Å². The monoisotopic (exact) mass is 386 g/mol. The van der Waals surface area contributed by atoms with Gasteiger partial charge in [-0.05, 0) is 56.7 Å². The fourth-order valence-corrected chi connectivity index (χ4v) is 3.96. The van der Waals surface area contributed by atoms with Crippen LogP contribution in [0.4, 0.5) is 5.69 Å². The van der Waals surface area contributed by atoms with Crippen molar-refractivity contribution in [2.45, 2.75) is 12.8 Å². The maximum atomic E-state index is 12.7. The summed E-state index contributed by atoms with van der Waals surface area (Å²) in [6.07, 6.45) is 8.83. The first-order valence-corrected chi connectivity index (χ1v) is 9.85. The lowest BCUT2D eigenvalue weighted by Crippen LogP contribution is -2.35. The molecule has 29 heavy (non-hydrogen) atoms. The third-order valence-electron chi connectivity index (χ3n) is 5.67. The molecule has 0 unspecified atom stereocenters. The highest BCUT2D eigenvalue weighted by Gasteiger charge is 2.23. The number of nitrogens with one attached hydrogen (secondary N) is 2. The van der Waals surface area contributed by atoms with E-state index >= 15 is 0 Å². The number of likely N-dealkylation sites (tertiary alicyclic amines) is 1. The molecule has 1 saturated heterocycles. The van der Waals surface area contributed by atoms with Crippen molar-refractivity contribution < 1.29 is 4.79 Å². The molecule has 1 aliphatic heterocycles. The van der Waals surface area contributed by atoms with Crippen LogP contribution >= 0.6 is 0 Å². The maximum Gasteiger partial charge on any atom is 0.227 e. The number of hydrogen-bond donors (Lipinski definition) is 2. The third kappa shape index (κ3) is 3.45. The highest BCUT2D eigenvalue weighted by atomic mass is 16.1. The summed E-state index contributed by atoms with van der Waals surface area (Å²) in [7, 11) is 2.10. The largest absolute Gasteiger partial charge is 0.346 e. The van der Waals surface area contributed by atoms with Crippen LogP contribution in [0.3, 0.4) is 0 Å². The summed E-state index contributed by atoms with van der Waals surface area (Å²) in [5.41, 5.74) is 5.28. The highest BCUT2D eigenvalue weighted by molar-refractivity contribution is 5.99. The van der Waals surface area contributed by atoms with Gasteiger partial charge in [0, 0.05) is 35.5 Å². The van der Waals surface area contributed by atoms with Crippen molar-refractivity contribution in [3.05, 3.63) is 49.1 Å². The highest BCUT2D eigenvalue weighted by Crippen LogP contribution is 2.31. The van der Waals surface area contributed by atoms with Crippen molar-refractivity contribution in [2.75, 3.05) is 25.5 Å². The lowest BCUT2D eigenvalue weighted by atomic mass is 9.96. The summed E-state index contributed by atoms with van der Waals surface area (Å²) in [5, 5.41) is 4.03. The number of anilines is 1. The molecule has 146 valence electrons. The fraction of sp³-hybridized carbons (Fsp3) is 0.273. The van der Waals surface area contributed by atoms with Crippen LogP contribution in [0.15, 0.2) is 49.1 Å². The molecule has 0 spiro atoms. The molecular weight excluding hydrogens is 364 g/mol. The molecule has 1 amide bonds. The number of carbonyl (C=O) groups excluding carboxylic acids is 1. The number of fused-ring (bicyclic) bond motifs is 2. The molecule has 0 saturated carbocycles. The first-order valence-electron chi connectivity index (χ1n) is 9.85. The number of rotatable bonds is 3. The lowest BCUT2D eigenvalue weighted by Gasteiger charge is -2.28. The van der Waals surface area contributed by atoms with Gasteiger partial charge in [0.15, 0.2) is 0 Å². The van der Waals surface area contributed by atoms with Crippen LogP contribution in [0, 0.1) is 5.92 Å². The average Bonchev–Trinajstić information content (AvgIpc) is 3.17. The summed E-state index contributed by atoms with van der Waals surface area (Å²) in [5.74, 6) is 0.143. The SMILES string of the molecule is CN1CCC(C(=O)Nc2cnc3[nH]cc(-c4ccc5nccnc5c4)c3c2)CC1. The van der Waals surface area contributed by atoms with E-state index in [1.807, 2.05) is 30.5 Å². The van der Waals surface area contributed by atoms with Crippen LogP contribution in [-0.4, -0.2) is 50.9 Å². The molecule has 1 aliphatic rings. The number of pyridine rings is 1. The predicted octanol–water partition coefficient (Wildman–Crippen LogP) is 3.45. The molecule has 4 aromatic rings. The van der Waals surface area contributed by atoms with Gasteiger partial charge in [0.05, 0.1) is 22.9 Å². The zero-order chi connectivity index (χ0) is 19.8. The molecule has 0 bridgehead atoms. The topological polar surface area (TPSA) is 86.8 Å². The fourth-order valence-electron chi connectivity index (χ4n) is 3.96. The molecular formula is C22H22N6O. The molecule has 4 heterocycles. The second-order valence-corrected chi connectivity index (χ2v) is 7.65. The zero-order valence-electron chi connectivity index (χ0n) is 16.2. The van der Waals surface area contributed by atoms with Gasteiger partial charge in [-0.3, -0.25) is 14.8 Å². The van der Waals surface area contributed by atoms with Crippen LogP contribution in [0.1, 0.15) is 12.8 Å². The second kappa shape index (κ2) is 7.25. The van der Waals surface area contributed by atoms with Crippen molar-refractivity contribution in [2.24, 2.45) is 5.92 Å². The Balaban J connectivity index is 1.44. The third-order valence-corrected chi connectivity index (χ3v) is 5.67. The van der Waals surface area contributed by atoms with Gasteiger partial charge < -0.3 is 15.2 Å². The summed E-state index contributed by atoms with van der Waals surface area (Å²) < 4.78 is 0. The number of carbonyl (C=O) groups is 1. The number of nitrogens with zero attached hydrogens (tertiary/aromatic N) is 4. The van der Waals surface area contributed by atoms with Crippen LogP contribution in [0.25, 0.3) is 33.2 Å². The average molecular weight is 386 g/mol. The predicted molar refractivity (Wildman–Crippen MR) is 113 cm³/mol. The minimum atomic E-state index is 0.0617. The van der Waals surface area contributed by atoms with Gasteiger partial charge >= 0.3 is 0 Å². The van der Waals surface area contributed by atoms with Gasteiger partial charge in [-0.15, -0.1) is 0 Å². The van der Waals surface area contributed by atoms with Crippen molar-refractivity contribution in [3.8, 4) is 11.1 Å². The maximum absolute atomic E-state index is 12.7. The lowest BCUT2D eigenvalue weighted by molar-refractivity contribution is -0.121. The number of benzene rings is 1. The van der Waals surface area contributed by atoms with E-state index in [0.29, 0.717) is 0 Å². The number of aromatic amines is 1.